The molecule has 0 aromatic heterocycles. The lowest BCUT2D eigenvalue weighted by molar-refractivity contribution is -0.120. The van der Waals surface area contributed by atoms with Crippen LogP contribution in [0.15, 0.2) is 18.2 Å². The fourth-order valence-corrected chi connectivity index (χ4v) is 1.50. The van der Waals surface area contributed by atoms with Crippen LogP contribution >= 0.6 is 11.6 Å². The second-order valence-corrected chi connectivity index (χ2v) is 5.50. The Labute approximate surface area is 117 Å². The number of nitrogens with zero attached hydrogens (tertiary/aromatic N) is 1. The molecule has 3 N–H and O–H groups in total. The first-order chi connectivity index (χ1) is 8.62. The normalized spacial score (nSPS) is 11.1. The van der Waals surface area contributed by atoms with Gasteiger partial charge >= 0.3 is 0 Å². The molecule has 104 valence electrons. The minimum Gasteiger partial charge on any atom is -0.345 e. The van der Waals surface area contributed by atoms with Gasteiger partial charge in [0.15, 0.2) is 0 Å². The van der Waals surface area contributed by atoms with Crippen molar-refractivity contribution in [2.45, 2.75) is 19.4 Å². The van der Waals surface area contributed by atoms with E-state index in [1.807, 2.05) is 0 Å². The SMILES string of the molecule is CN(C)C(=O)c1ccc(Cl)cc1NC(=O)C(C)(C)N. The molecule has 0 aliphatic heterocycles. The van der Waals surface area contributed by atoms with Gasteiger partial charge in [0.1, 0.15) is 0 Å². The highest BCUT2D eigenvalue weighted by molar-refractivity contribution is 6.31. The Morgan fingerprint density at radius 1 is 1.32 bits per heavy atom. The zero-order valence-electron chi connectivity index (χ0n) is 11.5. The van der Waals surface area contributed by atoms with Gasteiger partial charge in [-0.05, 0) is 32.0 Å². The van der Waals surface area contributed by atoms with Crippen LogP contribution in [0.3, 0.4) is 0 Å². The molecule has 6 heteroatoms. The predicted octanol–water partition coefficient (Wildman–Crippen LogP) is 1.72. The van der Waals surface area contributed by atoms with Gasteiger partial charge in [0.25, 0.3) is 5.91 Å². The van der Waals surface area contributed by atoms with Gasteiger partial charge in [-0.2, -0.15) is 0 Å². The van der Waals surface area contributed by atoms with Crippen molar-refractivity contribution >= 4 is 29.1 Å². The van der Waals surface area contributed by atoms with Crippen LogP contribution < -0.4 is 11.1 Å². The van der Waals surface area contributed by atoms with Crippen LogP contribution in [0.2, 0.25) is 5.02 Å². The van der Waals surface area contributed by atoms with E-state index in [4.69, 9.17) is 17.3 Å². The molecule has 19 heavy (non-hydrogen) atoms. The fourth-order valence-electron chi connectivity index (χ4n) is 1.33. The zero-order chi connectivity index (χ0) is 14.8. The smallest absolute Gasteiger partial charge is 0.255 e. The quantitative estimate of drug-likeness (QED) is 0.887. The highest BCUT2D eigenvalue weighted by Gasteiger charge is 2.24. The summed E-state index contributed by atoms with van der Waals surface area (Å²) in [6.45, 7) is 3.17. The molecule has 0 atom stereocenters. The highest BCUT2D eigenvalue weighted by atomic mass is 35.5. The van der Waals surface area contributed by atoms with E-state index in [0.717, 1.165) is 0 Å². The highest BCUT2D eigenvalue weighted by Crippen LogP contribution is 2.23. The number of anilines is 1. The second-order valence-electron chi connectivity index (χ2n) is 5.07. The third kappa shape index (κ3) is 3.94. The summed E-state index contributed by atoms with van der Waals surface area (Å²) in [7, 11) is 3.27. The number of amides is 2. The van der Waals surface area contributed by atoms with Crippen molar-refractivity contribution in [2.75, 3.05) is 19.4 Å². The molecule has 1 aromatic carbocycles. The predicted molar refractivity (Wildman–Crippen MR) is 76.4 cm³/mol. The van der Waals surface area contributed by atoms with Crippen LogP contribution in [-0.4, -0.2) is 36.3 Å². The number of rotatable bonds is 3. The van der Waals surface area contributed by atoms with Crippen molar-refractivity contribution < 1.29 is 9.59 Å². The van der Waals surface area contributed by atoms with Gasteiger partial charge < -0.3 is 16.0 Å². The Balaban J connectivity index is 3.15. The van der Waals surface area contributed by atoms with Crippen molar-refractivity contribution in [1.82, 2.24) is 4.90 Å². The van der Waals surface area contributed by atoms with E-state index >= 15 is 0 Å². The molecule has 1 rings (SSSR count). The summed E-state index contributed by atoms with van der Waals surface area (Å²) in [5.41, 5.74) is 5.39. The lowest BCUT2D eigenvalue weighted by Crippen LogP contribution is -2.45. The van der Waals surface area contributed by atoms with Gasteiger partial charge in [-0.15, -0.1) is 0 Å². The molecular formula is C13H18ClN3O2. The maximum atomic E-state index is 12.0. The Kier molecular flexibility index (Phi) is 4.55. The second kappa shape index (κ2) is 5.59. The first kappa shape index (κ1) is 15.5. The van der Waals surface area contributed by atoms with Gasteiger partial charge in [0.2, 0.25) is 5.91 Å². The number of carbonyl (C=O) groups is 2. The summed E-state index contributed by atoms with van der Waals surface area (Å²) in [6.07, 6.45) is 0. The molecule has 0 unspecified atom stereocenters. The molecular weight excluding hydrogens is 266 g/mol. The molecule has 0 saturated heterocycles. The van der Waals surface area contributed by atoms with Gasteiger partial charge in [-0.3, -0.25) is 9.59 Å². The molecule has 5 nitrogen and oxygen atoms in total. The molecule has 0 aliphatic rings. The molecule has 0 bridgehead atoms. The largest absolute Gasteiger partial charge is 0.345 e. The van der Waals surface area contributed by atoms with Crippen molar-refractivity contribution in [3.8, 4) is 0 Å². The van der Waals surface area contributed by atoms with E-state index in [1.165, 1.54) is 11.0 Å². The van der Waals surface area contributed by atoms with Crippen LogP contribution in [0.1, 0.15) is 24.2 Å². The van der Waals surface area contributed by atoms with Crippen LogP contribution in [0.4, 0.5) is 5.69 Å². The molecule has 2 amide bonds. The molecule has 1 aromatic rings. The zero-order valence-corrected chi connectivity index (χ0v) is 12.2. The van der Waals surface area contributed by atoms with Crippen molar-refractivity contribution in [3.63, 3.8) is 0 Å². The maximum Gasteiger partial charge on any atom is 0.255 e. The summed E-state index contributed by atoms with van der Waals surface area (Å²) < 4.78 is 0. The van der Waals surface area contributed by atoms with E-state index in [-0.39, 0.29) is 11.8 Å². The Bertz CT molecular complexity index is 507. The number of hydrogen-bond donors (Lipinski definition) is 2. The Morgan fingerprint density at radius 3 is 2.37 bits per heavy atom. The summed E-state index contributed by atoms with van der Waals surface area (Å²) >= 11 is 5.89. The summed E-state index contributed by atoms with van der Waals surface area (Å²) in [4.78, 5) is 25.3. The van der Waals surface area contributed by atoms with E-state index in [1.54, 1.807) is 40.1 Å². The first-order valence-electron chi connectivity index (χ1n) is 5.74. The van der Waals surface area contributed by atoms with Gasteiger partial charge in [-0.1, -0.05) is 11.6 Å². The average Bonchev–Trinajstić information content (AvgIpc) is 2.27. The monoisotopic (exact) mass is 283 g/mol. The van der Waals surface area contributed by atoms with Crippen molar-refractivity contribution in [3.05, 3.63) is 28.8 Å². The first-order valence-corrected chi connectivity index (χ1v) is 6.12. The van der Waals surface area contributed by atoms with Crippen molar-refractivity contribution in [1.29, 1.82) is 0 Å². The van der Waals surface area contributed by atoms with E-state index in [2.05, 4.69) is 5.32 Å². The van der Waals surface area contributed by atoms with Crippen LogP contribution in [-0.2, 0) is 4.79 Å². The van der Waals surface area contributed by atoms with E-state index < -0.39 is 5.54 Å². The number of hydrogen-bond acceptors (Lipinski definition) is 3. The molecule has 0 spiro atoms. The van der Waals surface area contributed by atoms with E-state index in [0.29, 0.717) is 16.3 Å². The Morgan fingerprint density at radius 2 is 1.89 bits per heavy atom. The summed E-state index contributed by atoms with van der Waals surface area (Å²) in [5.74, 6) is -0.607. The van der Waals surface area contributed by atoms with Gasteiger partial charge in [0.05, 0.1) is 16.8 Å². The summed E-state index contributed by atoms with van der Waals surface area (Å²) in [6, 6.07) is 4.70. The summed E-state index contributed by atoms with van der Waals surface area (Å²) in [5, 5.41) is 3.06. The third-order valence-electron chi connectivity index (χ3n) is 2.45. The van der Waals surface area contributed by atoms with Crippen LogP contribution in [0.25, 0.3) is 0 Å². The topological polar surface area (TPSA) is 75.4 Å². The van der Waals surface area contributed by atoms with Crippen LogP contribution in [0, 0.1) is 0 Å². The standard InChI is InChI=1S/C13H18ClN3O2/c1-13(2,15)12(19)16-10-7-8(14)5-6-9(10)11(18)17(3)4/h5-7H,15H2,1-4H3,(H,16,19). The number of nitrogens with one attached hydrogen (secondary N) is 1. The molecule has 0 radical (unpaired) electrons. The van der Waals surface area contributed by atoms with Gasteiger partial charge in [0, 0.05) is 19.1 Å². The molecule has 0 saturated carbocycles. The maximum absolute atomic E-state index is 12.0. The number of benzene rings is 1. The van der Waals surface area contributed by atoms with Gasteiger partial charge in [-0.25, -0.2) is 0 Å². The minimum absolute atomic E-state index is 0.221. The number of halogens is 1. The minimum atomic E-state index is -1.04. The van der Waals surface area contributed by atoms with Crippen LogP contribution in [0.5, 0.6) is 0 Å². The third-order valence-corrected chi connectivity index (χ3v) is 2.69. The Hall–Kier alpha value is -1.59. The number of nitrogens with two attached hydrogens (primary N) is 1. The average molecular weight is 284 g/mol. The molecule has 0 fully saturated rings. The fraction of sp³-hybridized carbons (Fsp3) is 0.385. The molecule has 0 heterocycles. The molecule has 0 aliphatic carbocycles. The van der Waals surface area contributed by atoms with Crippen molar-refractivity contribution in [2.24, 2.45) is 5.73 Å². The number of carbonyl (C=O) groups excluding carboxylic acids is 2. The van der Waals surface area contributed by atoms with E-state index in [9.17, 15) is 9.59 Å². The lowest BCUT2D eigenvalue weighted by Gasteiger charge is -2.20. The lowest BCUT2D eigenvalue weighted by atomic mass is 10.1.